The monoisotopic (exact) mass is 288 g/mol. The van der Waals surface area contributed by atoms with Crippen molar-refractivity contribution in [1.29, 1.82) is 0 Å². The summed E-state index contributed by atoms with van der Waals surface area (Å²) in [7, 11) is -3.11. The summed E-state index contributed by atoms with van der Waals surface area (Å²) in [4.78, 5) is 0. The van der Waals surface area contributed by atoms with Gasteiger partial charge < -0.3 is 5.32 Å². The van der Waals surface area contributed by atoms with Gasteiger partial charge in [-0.25, -0.2) is 8.42 Å². The topological polar surface area (TPSA) is 49.4 Å². The first-order valence-electron chi connectivity index (χ1n) is 7.75. The van der Waals surface area contributed by atoms with Crippen molar-refractivity contribution in [3.63, 3.8) is 0 Å². The Kier molecular flexibility index (Phi) is 5.26. The highest BCUT2D eigenvalue weighted by Crippen LogP contribution is 2.31. The third-order valence-electron chi connectivity index (χ3n) is 4.60. The minimum Gasteiger partial charge on any atom is -0.317 e. The van der Waals surface area contributed by atoms with Crippen LogP contribution < -0.4 is 5.32 Å². The zero-order chi connectivity index (χ0) is 13.9. The molecule has 0 bridgehead atoms. The van der Waals surface area contributed by atoms with Gasteiger partial charge in [0.05, 0.1) is 5.25 Å². The molecule has 2 fully saturated rings. The first kappa shape index (κ1) is 15.3. The summed E-state index contributed by atoms with van der Waals surface area (Å²) >= 11 is 0. The van der Waals surface area contributed by atoms with E-state index < -0.39 is 10.0 Å². The number of piperidine rings is 1. The van der Waals surface area contributed by atoms with Gasteiger partial charge in [-0.3, -0.25) is 0 Å². The Hall–Kier alpha value is -0.130. The summed E-state index contributed by atoms with van der Waals surface area (Å²) in [6.45, 7) is 6.42. The maximum atomic E-state index is 12.6. The Labute approximate surface area is 118 Å². The van der Waals surface area contributed by atoms with Gasteiger partial charge in [-0.2, -0.15) is 4.31 Å². The van der Waals surface area contributed by atoms with Crippen molar-refractivity contribution in [3.8, 4) is 0 Å². The molecule has 0 radical (unpaired) electrons. The number of hydrogen-bond acceptors (Lipinski definition) is 3. The molecule has 0 aromatic carbocycles. The second kappa shape index (κ2) is 6.55. The summed E-state index contributed by atoms with van der Waals surface area (Å²) in [5.74, 6) is 0.549. The minimum absolute atomic E-state index is 0.247. The van der Waals surface area contributed by atoms with Gasteiger partial charge in [-0.1, -0.05) is 12.8 Å². The maximum absolute atomic E-state index is 12.6. The smallest absolute Gasteiger partial charge is 0.216 e. The quantitative estimate of drug-likeness (QED) is 0.864. The van der Waals surface area contributed by atoms with Crippen molar-refractivity contribution in [2.75, 3.05) is 19.6 Å². The lowest BCUT2D eigenvalue weighted by Crippen LogP contribution is -2.49. The molecule has 0 aromatic rings. The molecule has 112 valence electrons. The lowest BCUT2D eigenvalue weighted by molar-refractivity contribution is 0.197. The highest BCUT2D eigenvalue weighted by atomic mass is 32.2. The van der Waals surface area contributed by atoms with Gasteiger partial charge in [0, 0.05) is 12.6 Å². The third-order valence-corrected chi connectivity index (χ3v) is 6.90. The van der Waals surface area contributed by atoms with Crippen molar-refractivity contribution in [1.82, 2.24) is 9.62 Å². The van der Waals surface area contributed by atoms with Crippen LogP contribution in [0.25, 0.3) is 0 Å². The maximum Gasteiger partial charge on any atom is 0.216 e. The van der Waals surface area contributed by atoms with Crippen LogP contribution in [-0.2, 0) is 10.0 Å². The van der Waals surface area contributed by atoms with E-state index in [0.29, 0.717) is 5.92 Å². The van der Waals surface area contributed by atoms with E-state index in [0.717, 1.165) is 45.3 Å². The molecule has 0 spiro atoms. The fourth-order valence-corrected chi connectivity index (χ4v) is 4.97. The van der Waals surface area contributed by atoms with Crippen LogP contribution in [0.5, 0.6) is 0 Å². The Morgan fingerprint density at radius 1 is 1.05 bits per heavy atom. The molecular formula is C14H28N2O2S. The predicted octanol–water partition coefficient (Wildman–Crippen LogP) is 1.97. The zero-order valence-electron chi connectivity index (χ0n) is 12.3. The summed E-state index contributed by atoms with van der Waals surface area (Å²) < 4.78 is 27.1. The molecule has 2 aliphatic rings. The molecule has 4 nitrogen and oxygen atoms in total. The van der Waals surface area contributed by atoms with Crippen LogP contribution in [-0.4, -0.2) is 43.6 Å². The van der Waals surface area contributed by atoms with Crippen LogP contribution in [0.2, 0.25) is 0 Å². The number of hydrogen-bond donors (Lipinski definition) is 1. The van der Waals surface area contributed by atoms with E-state index in [2.05, 4.69) is 5.32 Å². The van der Waals surface area contributed by atoms with Crippen molar-refractivity contribution < 1.29 is 8.42 Å². The van der Waals surface area contributed by atoms with Gasteiger partial charge in [0.15, 0.2) is 0 Å². The number of nitrogens with one attached hydrogen (secondary N) is 1. The Balaban J connectivity index is 2.19. The van der Waals surface area contributed by atoms with Gasteiger partial charge >= 0.3 is 0 Å². The Morgan fingerprint density at radius 2 is 1.74 bits per heavy atom. The summed E-state index contributed by atoms with van der Waals surface area (Å²) in [5.41, 5.74) is 0. The van der Waals surface area contributed by atoms with E-state index in [4.69, 9.17) is 0 Å². The van der Waals surface area contributed by atoms with Gasteiger partial charge in [0.2, 0.25) is 10.0 Å². The summed E-state index contributed by atoms with van der Waals surface area (Å²) in [6, 6.07) is 0.247. The van der Waals surface area contributed by atoms with Crippen LogP contribution in [0, 0.1) is 5.92 Å². The van der Waals surface area contributed by atoms with Crippen LogP contribution in [0.3, 0.4) is 0 Å². The lowest BCUT2D eigenvalue weighted by atomic mass is 9.88. The van der Waals surface area contributed by atoms with Crippen molar-refractivity contribution in [3.05, 3.63) is 0 Å². The standard InChI is InChI=1S/C14H28N2O2S/c1-12(2)19(17,18)16-11-5-3-4-6-14(16)13-7-9-15-10-8-13/h12-15H,3-11H2,1-2H3. The van der Waals surface area contributed by atoms with E-state index in [1.165, 1.54) is 12.8 Å². The molecule has 2 rings (SSSR count). The normalized spacial score (nSPS) is 28.5. The van der Waals surface area contributed by atoms with Gasteiger partial charge in [0.25, 0.3) is 0 Å². The fraction of sp³-hybridized carbons (Fsp3) is 1.00. The predicted molar refractivity (Wildman–Crippen MR) is 78.6 cm³/mol. The molecule has 5 heteroatoms. The average molecular weight is 288 g/mol. The zero-order valence-corrected chi connectivity index (χ0v) is 13.1. The highest BCUT2D eigenvalue weighted by Gasteiger charge is 2.37. The van der Waals surface area contributed by atoms with Crippen LogP contribution in [0.15, 0.2) is 0 Å². The molecule has 0 aliphatic carbocycles. The van der Waals surface area contributed by atoms with E-state index in [1.54, 1.807) is 13.8 Å². The van der Waals surface area contributed by atoms with Crippen molar-refractivity contribution >= 4 is 10.0 Å². The highest BCUT2D eigenvalue weighted by molar-refractivity contribution is 7.89. The molecule has 2 saturated heterocycles. The largest absolute Gasteiger partial charge is 0.317 e. The molecule has 1 unspecified atom stereocenters. The second-order valence-corrected chi connectivity index (χ2v) is 8.65. The average Bonchev–Trinajstić information content (AvgIpc) is 2.65. The molecule has 0 saturated carbocycles. The lowest BCUT2D eigenvalue weighted by Gasteiger charge is -2.38. The van der Waals surface area contributed by atoms with Crippen LogP contribution in [0.1, 0.15) is 52.4 Å². The van der Waals surface area contributed by atoms with Gasteiger partial charge in [-0.05, 0) is 58.5 Å². The fourth-order valence-electron chi connectivity index (χ4n) is 3.39. The first-order valence-corrected chi connectivity index (χ1v) is 9.25. The molecule has 2 heterocycles. The number of nitrogens with zero attached hydrogens (tertiary/aromatic N) is 1. The van der Waals surface area contributed by atoms with Crippen molar-refractivity contribution in [2.45, 2.75) is 63.7 Å². The van der Waals surface area contributed by atoms with E-state index in [-0.39, 0.29) is 11.3 Å². The molecule has 1 N–H and O–H groups in total. The SMILES string of the molecule is CC(C)S(=O)(=O)N1CCCCCC1C1CCNCC1. The van der Waals surface area contributed by atoms with Gasteiger partial charge in [-0.15, -0.1) is 0 Å². The van der Waals surface area contributed by atoms with Crippen LogP contribution >= 0.6 is 0 Å². The molecule has 0 aromatic heterocycles. The van der Waals surface area contributed by atoms with E-state index in [1.807, 2.05) is 4.31 Å². The second-order valence-electron chi connectivity index (χ2n) is 6.21. The van der Waals surface area contributed by atoms with Crippen molar-refractivity contribution in [2.24, 2.45) is 5.92 Å². The molecule has 19 heavy (non-hydrogen) atoms. The number of sulfonamides is 1. The summed E-state index contributed by atoms with van der Waals surface area (Å²) in [6.07, 6.45) is 6.66. The third kappa shape index (κ3) is 3.50. The molecular weight excluding hydrogens is 260 g/mol. The van der Waals surface area contributed by atoms with E-state index >= 15 is 0 Å². The van der Waals surface area contributed by atoms with E-state index in [9.17, 15) is 8.42 Å². The molecule has 0 amide bonds. The van der Waals surface area contributed by atoms with Crippen LogP contribution in [0.4, 0.5) is 0 Å². The van der Waals surface area contributed by atoms with Gasteiger partial charge in [0.1, 0.15) is 0 Å². The minimum atomic E-state index is -3.11. The Bertz CT molecular complexity index is 375. The number of rotatable bonds is 3. The first-order chi connectivity index (χ1) is 9.03. The summed E-state index contributed by atoms with van der Waals surface area (Å²) in [5, 5.41) is 3.08. The molecule has 2 aliphatic heterocycles. The molecule has 1 atom stereocenters. The Morgan fingerprint density at radius 3 is 2.37 bits per heavy atom.